The second-order valence-electron chi connectivity index (χ2n) is 18.8. The minimum absolute atomic E-state index is 0.0736. The lowest BCUT2D eigenvalue weighted by atomic mass is 9.70. The summed E-state index contributed by atoms with van der Waals surface area (Å²) in [4.78, 5) is 2.51. The Kier molecular flexibility index (Phi) is 7.12. The molecule has 0 aliphatic heterocycles. The van der Waals surface area contributed by atoms with E-state index in [1.165, 1.54) is 100 Å². The lowest BCUT2D eigenvalue weighted by Gasteiger charge is -2.32. The molecule has 0 saturated carbocycles. The molecule has 0 aromatic heterocycles. The molecule has 0 bridgehead atoms. The van der Waals surface area contributed by atoms with Crippen molar-refractivity contribution in [3.63, 3.8) is 0 Å². The molecule has 294 valence electrons. The van der Waals surface area contributed by atoms with Crippen LogP contribution in [0.4, 0.5) is 17.1 Å². The number of nitrogens with zero attached hydrogens (tertiary/aromatic N) is 1. The predicted octanol–water partition coefficient (Wildman–Crippen LogP) is 15.8. The quantitative estimate of drug-likeness (QED) is 0.172. The molecule has 1 spiro atoms. The normalized spacial score (nSPS) is 15.5. The maximum atomic E-state index is 2.52. The highest BCUT2D eigenvalue weighted by Gasteiger charge is 2.51. The van der Waals surface area contributed by atoms with Gasteiger partial charge in [0.1, 0.15) is 0 Å². The molecule has 0 atom stereocenters. The van der Waals surface area contributed by atoms with Gasteiger partial charge in [-0.15, -0.1) is 0 Å². The summed E-state index contributed by atoms with van der Waals surface area (Å²) >= 11 is 0. The van der Waals surface area contributed by atoms with Gasteiger partial charge in [-0.3, -0.25) is 0 Å². The van der Waals surface area contributed by atoms with Crippen molar-refractivity contribution < 1.29 is 0 Å². The zero-order valence-corrected chi connectivity index (χ0v) is 35.5. The van der Waals surface area contributed by atoms with Gasteiger partial charge in [0.05, 0.1) is 5.41 Å². The zero-order valence-electron chi connectivity index (χ0n) is 35.5. The Labute approximate surface area is 364 Å². The molecule has 0 amide bonds. The maximum absolute atomic E-state index is 2.52. The number of hydrogen-bond donors (Lipinski definition) is 0. The van der Waals surface area contributed by atoms with Crippen molar-refractivity contribution in [2.75, 3.05) is 4.90 Å². The number of anilines is 3. The molecule has 0 heterocycles. The molecule has 13 rings (SSSR count). The predicted molar refractivity (Wildman–Crippen MR) is 258 cm³/mol. The SMILES string of the molecule is CC1(C)c2ccccc2-c2ccc(-c3cccc(N(c4ccc5c(c4)C(C)(C)c4ccccc4-5)c4ccc5c(c4)C4(c6ccccc6-c6ccccc64)c4ccccc4-5)c3)cc21. The van der Waals surface area contributed by atoms with Crippen LogP contribution in [0.3, 0.4) is 0 Å². The highest BCUT2D eigenvalue weighted by molar-refractivity contribution is 5.97. The fourth-order valence-electron chi connectivity index (χ4n) is 12.2. The summed E-state index contributed by atoms with van der Waals surface area (Å²) in [5, 5.41) is 0. The molecule has 1 nitrogen and oxygen atoms in total. The van der Waals surface area contributed by atoms with Gasteiger partial charge in [-0.05, 0) is 143 Å². The van der Waals surface area contributed by atoms with Crippen molar-refractivity contribution in [1.82, 2.24) is 0 Å². The van der Waals surface area contributed by atoms with Crippen molar-refractivity contribution >= 4 is 17.1 Å². The topological polar surface area (TPSA) is 3.24 Å². The van der Waals surface area contributed by atoms with Crippen molar-refractivity contribution in [2.45, 2.75) is 43.9 Å². The van der Waals surface area contributed by atoms with Crippen LogP contribution in [-0.2, 0) is 16.2 Å². The van der Waals surface area contributed by atoms with Crippen LogP contribution in [0.15, 0.2) is 200 Å². The first-order valence-electron chi connectivity index (χ1n) is 22.1. The largest absolute Gasteiger partial charge is 0.310 e. The van der Waals surface area contributed by atoms with Gasteiger partial charge in [0.2, 0.25) is 0 Å². The van der Waals surface area contributed by atoms with Gasteiger partial charge in [0.15, 0.2) is 0 Å². The summed E-state index contributed by atoms with van der Waals surface area (Å²) in [6, 6.07) is 75.9. The summed E-state index contributed by atoms with van der Waals surface area (Å²) in [7, 11) is 0. The molecule has 0 N–H and O–H groups in total. The van der Waals surface area contributed by atoms with Crippen LogP contribution in [0, 0.1) is 0 Å². The molecule has 0 unspecified atom stereocenters. The maximum Gasteiger partial charge on any atom is 0.0726 e. The number of rotatable bonds is 4. The third-order valence-corrected chi connectivity index (χ3v) is 15.1. The molecule has 62 heavy (non-hydrogen) atoms. The first-order chi connectivity index (χ1) is 30.3. The Bertz CT molecular complexity index is 3310. The zero-order chi connectivity index (χ0) is 41.5. The fraction of sp³-hybridized carbons (Fsp3) is 0.115. The van der Waals surface area contributed by atoms with Crippen LogP contribution in [0.25, 0.3) is 55.6 Å². The lowest BCUT2D eigenvalue weighted by molar-refractivity contribution is 0.660. The molecule has 0 fully saturated rings. The van der Waals surface area contributed by atoms with Crippen LogP contribution in [0.5, 0.6) is 0 Å². The van der Waals surface area contributed by atoms with Crippen LogP contribution in [0.2, 0.25) is 0 Å². The number of hydrogen-bond acceptors (Lipinski definition) is 1. The standard InChI is InChI=1S/C61H45N/c1-59(2)51-23-10-5-18-43(51)48-31-28-39(35-56(48)59)38-16-15-17-40(34-38)62(41-29-32-49-44-19-6-11-24-52(44)60(3,4)57(49)36-41)42-30-33-50-47-22-9-14-27-55(47)61(58(50)37-42)53-25-12-7-20-45(53)46-21-8-13-26-54(46)61/h5-37H,1-4H3. The van der Waals surface area contributed by atoms with E-state index in [9.17, 15) is 0 Å². The van der Waals surface area contributed by atoms with E-state index in [4.69, 9.17) is 0 Å². The Morgan fingerprint density at radius 2 is 0.613 bits per heavy atom. The molecule has 0 radical (unpaired) electrons. The van der Waals surface area contributed by atoms with Crippen LogP contribution >= 0.6 is 0 Å². The van der Waals surface area contributed by atoms with E-state index < -0.39 is 5.41 Å². The third kappa shape index (κ3) is 4.53. The summed E-state index contributed by atoms with van der Waals surface area (Å²) in [6.45, 7) is 9.50. The minimum Gasteiger partial charge on any atom is -0.310 e. The summed E-state index contributed by atoms with van der Waals surface area (Å²) in [5.74, 6) is 0. The van der Waals surface area contributed by atoms with Crippen molar-refractivity contribution in [1.29, 1.82) is 0 Å². The number of benzene rings is 9. The third-order valence-electron chi connectivity index (χ3n) is 15.1. The van der Waals surface area contributed by atoms with Gasteiger partial charge >= 0.3 is 0 Å². The second kappa shape index (κ2) is 12.4. The Morgan fingerprint density at radius 3 is 1.13 bits per heavy atom. The van der Waals surface area contributed by atoms with Gasteiger partial charge in [-0.2, -0.15) is 0 Å². The van der Waals surface area contributed by atoms with Crippen LogP contribution in [0.1, 0.15) is 72.2 Å². The summed E-state index contributed by atoms with van der Waals surface area (Å²) in [6.07, 6.45) is 0. The van der Waals surface area contributed by atoms with E-state index in [1.54, 1.807) is 0 Å². The van der Waals surface area contributed by atoms with E-state index in [-0.39, 0.29) is 10.8 Å². The smallest absolute Gasteiger partial charge is 0.0726 e. The van der Waals surface area contributed by atoms with E-state index in [1.807, 2.05) is 0 Å². The molecule has 0 saturated heterocycles. The van der Waals surface area contributed by atoms with Gasteiger partial charge in [-0.1, -0.05) is 185 Å². The summed E-state index contributed by atoms with van der Waals surface area (Å²) in [5.41, 5.74) is 26.8. The van der Waals surface area contributed by atoms with E-state index >= 15 is 0 Å². The molecular formula is C61H45N. The van der Waals surface area contributed by atoms with Gasteiger partial charge in [0.25, 0.3) is 0 Å². The highest BCUT2D eigenvalue weighted by Crippen LogP contribution is 2.63. The van der Waals surface area contributed by atoms with E-state index in [0.717, 1.165) is 17.1 Å². The van der Waals surface area contributed by atoms with Crippen molar-refractivity contribution in [3.05, 3.63) is 245 Å². The molecule has 9 aromatic rings. The molecule has 9 aromatic carbocycles. The van der Waals surface area contributed by atoms with Gasteiger partial charge in [-0.25, -0.2) is 0 Å². The minimum atomic E-state index is -0.432. The first kappa shape index (κ1) is 35.5. The lowest BCUT2D eigenvalue weighted by Crippen LogP contribution is -2.26. The molecule has 1 heteroatoms. The van der Waals surface area contributed by atoms with Gasteiger partial charge < -0.3 is 4.90 Å². The highest BCUT2D eigenvalue weighted by atomic mass is 15.1. The molecule has 4 aliphatic carbocycles. The van der Waals surface area contributed by atoms with E-state index in [0.29, 0.717) is 0 Å². The summed E-state index contributed by atoms with van der Waals surface area (Å²) < 4.78 is 0. The monoisotopic (exact) mass is 791 g/mol. The molecule has 4 aliphatic rings. The molecular weight excluding hydrogens is 747 g/mol. The number of fused-ring (bicyclic) bond motifs is 16. The second-order valence-corrected chi connectivity index (χ2v) is 18.8. The average Bonchev–Trinajstić information content (AvgIpc) is 3.94. The van der Waals surface area contributed by atoms with Crippen molar-refractivity contribution in [2.24, 2.45) is 0 Å². The fourth-order valence-corrected chi connectivity index (χ4v) is 12.2. The Hall–Kier alpha value is -7.22. The Balaban J connectivity index is 1.03. The van der Waals surface area contributed by atoms with Crippen LogP contribution in [-0.4, -0.2) is 0 Å². The van der Waals surface area contributed by atoms with E-state index in [2.05, 4.69) is 233 Å². The van der Waals surface area contributed by atoms with Crippen LogP contribution < -0.4 is 4.90 Å². The first-order valence-corrected chi connectivity index (χ1v) is 22.1. The Morgan fingerprint density at radius 1 is 0.258 bits per heavy atom. The van der Waals surface area contributed by atoms with Gasteiger partial charge in [0, 0.05) is 27.9 Å². The van der Waals surface area contributed by atoms with Crippen molar-refractivity contribution in [3.8, 4) is 55.6 Å². The average molecular weight is 792 g/mol.